The second kappa shape index (κ2) is 8.09. The van der Waals surface area contributed by atoms with Crippen LogP contribution in [0.25, 0.3) is 10.9 Å². The molecule has 7 heteroatoms. The van der Waals surface area contributed by atoms with E-state index in [1.54, 1.807) is 12.1 Å². The Hall–Kier alpha value is -3.12. The summed E-state index contributed by atoms with van der Waals surface area (Å²) in [5.41, 5.74) is 9.19. The van der Waals surface area contributed by atoms with Crippen LogP contribution >= 0.6 is 11.6 Å². The Morgan fingerprint density at radius 2 is 2.07 bits per heavy atom. The molecule has 2 aromatic carbocycles. The third-order valence-corrected chi connectivity index (χ3v) is 5.19. The van der Waals surface area contributed by atoms with Crippen LogP contribution in [0.4, 0.5) is 4.39 Å². The summed E-state index contributed by atoms with van der Waals surface area (Å²) >= 11 is 6.11. The lowest BCUT2D eigenvalue weighted by molar-refractivity contribution is 0.0991. The highest BCUT2D eigenvalue weighted by Crippen LogP contribution is 2.25. The lowest BCUT2D eigenvalue weighted by atomic mass is 9.99. The number of halogens is 2. The van der Waals surface area contributed by atoms with Gasteiger partial charge in [-0.05, 0) is 60.7 Å². The van der Waals surface area contributed by atoms with Gasteiger partial charge in [0.25, 0.3) is 5.91 Å². The molecule has 2 heterocycles. The van der Waals surface area contributed by atoms with Crippen LogP contribution in [-0.4, -0.2) is 16.0 Å². The van der Waals surface area contributed by atoms with Crippen molar-refractivity contribution < 1.29 is 13.7 Å². The fraction of sp³-hybridized carbons (Fsp3) is 0.182. The number of hydrogen-bond donors (Lipinski definition) is 2. The van der Waals surface area contributed by atoms with Crippen molar-refractivity contribution >= 4 is 28.4 Å². The van der Waals surface area contributed by atoms with Gasteiger partial charge in [0.15, 0.2) is 5.69 Å². The first-order chi connectivity index (χ1) is 14.0. The fourth-order valence-corrected chi connectivity index (χ4v) is 3.75. The van der Waals surface area contributed by atoms with Crippen LogP contribution in [0, 0.1) is 5.82 Å². The van der Waals surface area contributed by atoms with E-state index in [-0.39, 0.29) is 11.5 Å². The first kappa shape index (κ1) is 19.2. The van der Waals surface area contributed by atoms with Crippen LogP contribution in [0.3, 0.4) is 0 Å². The zero-order valence-electron chi connectivity index (χ0n) is 15.5. The maximum Gasteiger partial charge on any atom is 0.271 e. The zero-order valence-corrected chi connectivity index (χ0v) is 16.3. The number of aromatic nitrogens is 2. The smallest absolute Gasteiger partial charge is 0.271 e. The summed E-state index contributed by atoms with van der Waals surface area (Å²) in [7, 11) is 0. The molecular weight excluding hydrogens is 393 g/mol. The molecule has 0 aliphatic carbocycles. The summed E-state index contributed by atoms with van der Waals surface area (Å²) in [6.07, 6.45) is 4.42. The second-order valence-corrected chi connectivity index (χ2v) is 7.40. The van der Waals surface area contributed by atoms with Crippen molar-refractivity contribution in [2.45, 2.75) is 25.7 Å². The van der Waals surface area contributed by atoms with Gasteiger partial charge in [-0.15, -0.1) is 0 Å². The number of nitrogens with one attached hydrogen (secondary N) is 1. The molecule has 4 aromatic rings. The van der Waals surface area contributed by atoms with Crippen LogP contribution in [-0.2, 0) is 19.3 Å². The number of amides is 1. The average molecular weight is 412 g/mol. The van der Waals surface area contributed by atoms with Crippen molar-refractivity contribution in [3.8, 4) is 0 Å². The van der Waals surface area contributed by atoms with Crippen LogP contribution in [0.1, 0.15) is 39.4 Å². The first-order valence-corrected chi connectivity index (χ1v) is 9.66. The van der Waals surface area contributed by atoms with E-state index in [4.69, 9.17) is 21.9 Å². The number of H-pyrrole nitrogens is 1. The number of carbonyl (C=O) groups excluding carboxylic acids is 1. The summed E-state index contributed by atoms with van der Waals surface area (Å²) in [5, 5.41) is 5.61. The lowest BCUT2D eigenvalue weighted by Gasteiger charge is -2.04. The van der Waals surface area contributed by atoms with Gasteiger partial charge in [0.1, 0.15) is 11.6 Å². The number of hydrogen-bond acceptors (Lipinski definition) is 3. The molecule has 3 N–H and O–H groups in total. The number of fused-ring (bicyclic) bond motifs is 1. The van der Waals surface area contributed by atoms with Gasteiger partial charge in [0.2, 0.25) is 0 Å². The average Bonchev–Trinajstić information content (AvgIpc) is 3.26. The van der Waals surface area contributed by atoms with E-state index in [2.05, 4.69) is 10.1 Å². The highest BCUT2D eigenvalue weighted by atomic mass is 35.5. The molecule has 0 atom stereocenters. The highest BCUT2D eigenvalue weighted by Gasteiger charge is 2.20. The molecule has 5 nitrogen and oxygen atoms in total. The van der Waals surface area contributed by atoms with Gasteiger partial charge < -0.3 is 15.2 Å². The minimum Gasteiger partial charge on any atom is -0.364 e. The van der Waals surface area contributed by atoms with Crippen molar-refractivity contribution in [3.63, 3.8) is 0 Å². The molecule has 2 aromatic heterocycles. The van der Waals surface area contributed by atoms with E-state index in [0.717, 1.165) is 34.9 Å². The Kier molecular flexibility index (Phi) is 5.36. The standard InChI is InChI=1S/C22H19ClFN3O2/c23-15-7-8-19-18(11-15)14(12-26-19)4-2-6-17-20(29-27-21(17)22(25)28)10-13-3-1-5-16(24)9-13/h1,3,5,7-9,11-12,26H,2,4,6,10H2,(H2,25,28). The van der Waals surface area contributed by atoms with Gasteiger partial charge in [-0.2, -0.15) is 0 Å². The van der Waals surface area contributed by atoms with Crippen molar-refractivity contribution in [3.05, 3.63) is 87.6 Å². The SMILES string of the molecule is NC(=O)c1noc(Cc2cccc(F)c2)c1CCCc1c[nH]c2ccc(Cl)cc12. The van der Waals surface area contributed by atoms with E-state index in [1.165, 1.54) is 12.1 Å². The normalized spacial score (nSPS) is 11.2. The number of primary amides is 1. The molecule has 29 heavy (non-hydrogen) atoms. The van der Waals surface area contributed by atoms with Crippen LogP contribution in [0.5, 0.6) is 0 Å². The maximum absolute atomic E-state index is 13.5. The maximum atomic E-state index is 13.5. The van der Waals surface area contributed by atoms with Gasteiger partial charge in [-0.25, -0.2) is 4.39 Å². The molecule has 148 valence electrons. The predicted molar refractivity (Wildman–Crippen MR) is 110 cm³/mol. The molecule has 4 rings (SSSR count). The lowest BCUT2D eigenvalue weighted by Crippen LogP contribution is -2.14. The third kappa shape index (κ3) is 4.17. The molecule has 0 spiro atoms. The van der Waals surface area contributed by atoms with Gasteiger partial charge in [0, 0.05) is 34.1 Å². The number of carbonyl (C=O) groups is 1. The molecular formula is C22H19ClFN3O2. The molecule has 0 saturated carbocycles. The topological polar surface area (TPSA) is 84.9 Å². The van der Waals surface area contributed by atoms with Crippen LogP contribution in [0.15, 0.2) is 53.2 Å². The number of aryl methyl sites for hydroxylation is 1. The number of benzene rings is 2. The van der Waals surface area contributed by atoms with E-state index in [9.17, 15) is 9.18 Å². The van der Waals surface area contributed by atoms with E-state index in [0.29, 0.717) is 29.2 Å². The Morgan fingerprint density at radius 3 is 2.86 bits per heavy atom. The van der Waals surface area contributed by atoms with Crippen molar-refractivity contribution in [1.29, 1.82) is 0 Å². The summed E-state index contributed by atoms with van der Waals surface area (Å²) in [6.45, 7) is 0. The Morgan fingerprint density at radius 1 is 1.21 bits per heavy atom. The molecule has 0 bridgehead atoms. The number of rotatable bonds is 7. The molecule has 0 aliphatic heterocycles. The second-order valence-electron chi connectivity index (χ2n) is 6.96. The number of aromatic amines is 1. The molecule has 0 radical (unpaired) electrons. The molecule has 0 unspecified atom stereocenters. The minimum atomic E-state index is -0.631. The van der Waals surface area contributed by atoms with Crippen molar-refractivity contribution in [1.82, 2.24) is 10.1 Å². The third-order valence-electron chi connectivity index (χ3n) is 4.96. The minimum absolute atomic E-state index is 0.137. The van der Waals surface area contributed by atoms with E-state index in [1.807, 2.05) is 24.4 Å². The van der Waals surface area contributed by atoms with Crippen LogP contribution < -0.4 is 5.73 Å². The zero-order chi connectivity index (χ0) is 20.4. The summed E-state index contributed by atoms with van der Waals surface area (Å²) < 4.78 is 18.9. The van der Waals surface area contributed by atoms with Gasteiger partial charge in [-0.3, -0.25) is 4.79 Å². The van der Waals surface area contributed by atoms with Gasteiger partial charge in [-0.1, -0.05) is 28.9 Å². The van der Waals surface area contributed by atoms with E-state index >= 15 is 0 Å². The summed E-state index contributed by atoms with van der Waals surface area (Å²) in [6, 6.07) is 12.0. The van der Waals surface area contributed by atoms with Crippen molar-refractivity contribution in [2.24, 2.45) is 5.73 Å². The Labute approximate surface area is 171 Å². The van der Waals surface area contributed by atoms with E-state index < -0.39 is 5.91 Å². The molecule has 0 saturated heterocycles. The quantitative estimate of drug-likeness (QED) is 0.457. The highest BCUT2D eigenvalue weighted by molar-refractivity contribution is 6.31. The monoisotopic (exact) mass is 411 g/mol. The Balaban J connectivity index is 1.53. The molecule has 0 aliphatic rings. The fourth-order valence-electron chi connectivity index (χ4n) is 3.58. The summed E-state index contributed by atoms with van der Waals surface area (Å²) in [5.74, 6) is -0.420. The molecule has 1 amide bonds. The first-order valence-electron chi connectivity index (χ1n) is 9.28. The molecule has 0 fully saturated rings. The predicted octanol–water partition coefficient (Wildman–Crippen LogP) is 4.81. The largest absolute Gasteiger partial charge is 0.364 e. The number of nitrogens with zero attached hydrogens (tertiary/aromatic N) is 1. The number of nitrogens with two attached hydrogens (primary N) is 1. The summed E-state index contributed by atoms with van der Waals surface area (Å²) in [4.78, 5) is 15.0. The van der Waals surface area contributed by atoms with Gasteiger partial charge in [0.05, 0.1) is 0 Å². The van der Waals surface area contributed by atoms with Crippen molar-refractivity contribution in [2.75, 3.05) is 0 Å². The Bertz CT molecular complexity index is 1180. The van der Waals surface area contributed by atoms with Crippen LogP contribution in [0.2, 0.25) is 5.02 Å². The van der Waals surface area contributed by atoms with Gasteiger partial charge >= 0.3 is 0 Å².